The lowest BCUT2D eigenvalue weighted by atomic mass is 10.1. The Morgan fingerprint density at radius 2 is 2.17 bits per heavy atom. The molecule has 0 bridgehead atoms. The Bertz CT molecular complexity index is 409. The Balaban J connectivity index is 2.02. The van der Waals surface area contributed by atoms with Crippen LogP contribution in [0.15, 0.2) is 18.2 Å². The lowest BCUT2D eigenvalue weighted by Gasteiger charge is -2.26. The van der Waals surface area contributed by atoms with Gasteiger partial charge in [-0.05, 0) is 43.5 Å². The highest BCUT2D eigenvalue weighted by molar-refractivity contribution is 5.21. The summed E-state index contributed by atoms with van der Waals surface area (Å²) < 4.78 is 26.0. The standard InChI is InChI=1S/C14H20F2N2/c1-2-11-4-3-7-18(11)9-14(17)10-5-6-12(15)13(16)8-10/h5-6,8,11,14H,2-4,7,9,17H2,1H3. The maximum Gasteiger partial charge on any atom is 0.159 e. The summed E-state index contributed by atoms with van der Waals surface area (Å²) in [5, 5.41) is 0. The first kappa shape index (κ1) is 13.4. The second-order valence-corrected chi connectivity index (χ2v) is 4.98. The van der Waals surface area contributed by atoms with Gasteiger partial charge in [0, 0.05) is 18.6 Å². The molecule has 4 heteroatoms. The summed E-state index contributed by atoms with van der Waals surface area (Å²) in [5.41, 5.74) is 6.74. The quantitative estimate of drug-likeness (QED) is 0.895. The molecule has 2 rings (SSSR count). The summed E-state index contributed by atoms with van der Waals surface area (Å²) in [6, 6.07) is 4.25. The molecule has 2 N–H and O–H groups in total. The first-order valence-electron chi connectivity index (χ1n) is 6.56. The molecule has 1 fully saturated rings. The second-order valence-electron chi connectivity index (χ2n) is 4.98. The van der Waals surface area contributed by atoms with Gasteiger partial charge in [0.15, 0.2) is 11.6 Å². The molecular formula is C14H20F2N2. The minimum Gasteiger partial charge on any atom is -0.323 e. The molecule has 1 aromatic rings. The van der Waals surface area contributed by atoms with Gasteiger partial charge < -0.3 is 5.73 Å². The first-order valence-corrected chi connectivity index (χ1v) is 6.56. The predicted molar refractivity (Wildman–Crippen MR) is 68.2 cm³/mol. The highest BCUT2D eigenvalue weighted by Gasteiger charge is 2.24. The van der Waals surface area contributed by atoms with E-state index in [1.165, 1.54) is 18.9 Å². The highest BCUT2D eigenvalue weighted by Crippen LogP contribution is 2.23. The number of halogens is 2. The Morgan fingerprint density at radius 1 is 1.39 bits per heavy atom. The van der Waals surface area contributed by atoms with E-state index in [9.17, 15) is 8.78 Å². The van der Waals surface area contributed by atoms with Crippen molar-refractivity contribution in [3.8, 4) is 0 Å². The van der Waals surface area contributed by atoms with Gasteiger partial charge in [-0.25, -0.2) is 8.78 Å². The number of rotatable bonds is 4. The van der Waals surface area contributed by atoms with E-state index in [4.69, 9.17) is 5.73 Å². The van der Waals surface area contributed by atoms with E-state index in [0.717, 1.165) is 19.0 Å². The minimum absolute atomic E-state index is 0.257. The predicted octanol–water partition coefficient (Wildman–Crippen LogP) is 2.84. The van der Waals surface area contributed by atoms with Crippen LogP contribution in [-0.2, 0) is 0 Å². The van der Waals surface area contributed by atoms with Gasteiger partial charge in [0.1, 0.15) is 0 Å². The number of benzene rings is 1. The van der Waals surface area contributed by atoms with Crippen molar-refractivity contribution in [2.75, 3.05) is 13.1 Å². The van der Waals surface area contributed by atoms with E-state index in [-0.39, 0.29) is 6.04 Å². The van der Waals surface area contributed by atoms with Crippen LogP contribution in [0.25, 0.3) is 0 Å². The van der Waals surface area contributed by atoms with Gasteiger partial charge in [0.05, 0.1) is 0 Å². The summed E-state index contributed by atoms with van der Waals surface area (Å²) in [4.78, 5) is 2.35. The number of nitrogens with two attached hydrogens (primary N) is 1. The summed E-state index contributed by atoms with van der Waals surface area (Å²) in [7, 11) is 0. The fourth-order valence-corrected chi connectivity index (χ4v) is 2.70. The van der Waals surface area contributed by atoms with E-state index >= 15 is 0 Å². The fraction of sp³-hybridized carbons (Fsp3) is 0.571. The number of likely N-dealkylation sites (tertiary alicyclic amines) is 1. The van der Waals surface area contributed by atoms with E-state index in [1.807, 2.05) is 0 Å². The summed E-state index contributed by atoms with van der Waals surface area (Å²) in [6.07, 6.45) is 3.52. The molecule has 0 aliphatic carbocycles. The molecule has 1 aliphatic rings. The molecule has 0 saturated carbocycles. The third kappa shape index (κ3) is 2.87. The van der Waals surface area contributed by atoms with Crippen LogP contribution >= 0.6 is 0 Å². The van der Waals surface area contributed by atoms with Gasteiger partial charge in [-0.3, -0.25) is 4.90 Å². The van der Waals surface area contributed by atoms with Gasteiger partial charge in [0.25, 0.3) is 0 Å². The molecule has 0 amide bonds. The first-order chi connectivity index (χ1) is 8.61. The van der Waals surface area contributed by atoms with Crippen molar-refractivity contribution in [3.05, 3.63) is 35.4 Å². The molecule has 1 saturated heterocycles. The Labute approximate surface area is 107 Å². The number of hydrogen-bond donors (Lipinski definition) is 1. The molecular weight excluding hydrogens is 234 g/mol. The molecule has 0 radical (unpaired) electrons. The van der Waals surface area contributed by atoms with Gasteiger partial charge in [-0.15, -0.1) is 0 Å². The molecule has 100 valence electrons. The number of nitrogens with zero attached hydrogens (tertiary/aromatic N) is 1. The maximum absolute atomic E-state index is 13.2. The van der Waals surface area contributed by atoms with Gasteiger partial charge >= 0.3 is 0 Å². The Kier molecular flexibility index (Phi) is 4.30. The average Bonchev–Trinajstić information content (AvgIpc) is 2.79. The largest absolute Gasteiger partial charge is 0.323 e. The van der Waals surface area contributed by atoms with Crippen molar-refractivity contribution < 1.29 is 8.78 Å². The third-order valence-electron chi connectivity index (χ3n) is 3.77. The SMILES string of the molecule is CCC1CCCN1CC(N)c1ccc(F)c(F)c1. The van der Waals surface area contributed by atoms with Gasteiger partial charge in [0.2, 0.25) is 0 Å². The van der Waals surface area contributed by atoms with E-state index in [0.29, 0.717) is 18.2 Å². The maximum atomic E-state index is 13.2. The zero-order valence-corrected chi connectivity index (χ0v) is 10.7. The summed E-state index contributed by atoms with van der Waals surface area (Å²) in [5.74, 6) is -1.64. The monoisotopic (exact) mass is 254 g/mol. The topological polar surface area (TPSA) is 29.3 Å². The Morgan fingerprint density at radius 3 is 2.83 bits per heavy atom. The van der Waals surface area contributed by atoms with Crippen molar-refractivity contribution in [3.63, 3.8) is 0 Å². The van der Waals surface area contributed by atoms with E-state index < -0.39 is 11.6 Å². The fourth-order valence-electron chi connectivity index (χ4n) is 2.70. The lowest BCUT2D eigenvalue weighted by molar-refractivity contribution is 0.234. The molecule has 0 aromatic heterocycles. The molecule has 1 aliphatic heterocycles. The van der Waals surface area contributed by atoms with Crippen LogP contribution in [0.5, 0.6) is 0 Å². The van der Waals surface area contributed by atoms with E-state index in [2.05, 4.69) is 11.8 Å². The summed E-state index contributed by atoms with van der Waals surface area (Å²) >= 11 is 0. The van der Waals surface area contributed by atoms with Crippen LogP contribution in [0, 0.1) is 11.6 Å². The average molecular weight is 254 g/mol. The molecule has 18 heavy (non-hydrogen) atoms. The van der Waals surface area contributed by atoms with Crippen LogP contribution in [0.2, 0.25) is 0 Å². The molecule has 0 spiro atoms. The molecule has 1 heterocycles. The molecule has 2 atom stereocenters. The van der Waals surface area contributed by atoms with Crippen molar-refractivity contribution >= 4 is 0 Å². The normalized spacial score (nSPS) is 22.3. The van der Waals surface area contributed by atoms with E-state index in [1.54, 1.807) is 6.07 Å². The van der Waals surface area contributed by atoms with Crippen LogP contribution < -0.4 is 5.73 Å². The van der Waals surface area contributed by atoms with Crippen molar-refractivity contribution in [1.82, 2.24) is 4.90 Å². The number of hydrogen-bond acceptors (Lipinski definition) is 2. The van der Waals surface area contributed by atoms with Crippen LogP contribution in [0.1, 0.15) is 37.8 Å². The van der Waals surface area contributed by atoms with Crippen LogP contribution in [-0.4, -0.2) is 24.0 Å². The zero-order chi connectivity index (χ0) is 13.1. The van der Waals surface area contributed by atoms with Crippen LogP contribution in [0.4, 0.5) is 8.78 Å². The Hall–Kier alpha value is -1.00. The zero-order valence-electron chi connectivity index (χ0n) is 10.7. The highest BCUT2D eigenvalue weighted by atomic mass is 19.2. The van der Waals surface area contributed by atoms with Crippen molar-refractivity contribution in [2.24, 2.45) is 5.73 Å². The van der Waals surface area contributed by atoms with Gasteiger partial charge in [-0.2, -0.15) is 0 Å². The minimum atomic E-state index is -0.823. The van der Waals surface area contributed by atoms with Crippen molar-refractivity contribution in [1.29, 1.82) is 0 Å². The second kappa shape index (κ2) is 5.76. The summed E-state index contributed by atoms with van der Waals surface area (Å²) in [6.45, 7) is 3.94. The lowest BCUT2D eigenvalue weighted by Crippen LogP contribution is -2.35. The third-order valence-corrected chi connectivity index (χ3v) is 3.77. The molecule has 2 nitrogen and oxygen atoms in total. The molecule has 2 unspecified atom stereocenters. The van der Waals surface area contributed by atoms with Crippen molar-refractivity contribution in [2.45, 2.75) is 38.3 Å². The smallest absolute Gasteiger partial charge is 0.159 e. The molecule has 1 aromatic carbocycles. The van der Waals surface area contributed by atoms with Crippen LogP contribution in [0.3, 0.4) is 0 Å². The van der Waals surface area contributed by atoms with Gasteiger partial charge in [-0.1, -0.05) is 13.0 Å².